The summed E-state index contributed by atoms with van der Waals surface area (Å²) in [4.78, 5) is 23.8. The summed E-state index contributed by atoms with van der Waals surface area (Å²) in [6.45, 7) is 0.206. The molecular weight excluding hydrogens is 295 g/mol. The maximum absolute atomic E-state index is 12.7. The van der Waals surface area contributed by atoms with Crippen LogP contribution in [0, 0.1) is 5.82 Å². The van der Waals surface area contributed by atoms with Gasteiger partial charge >= 0.3 is 6.03 Å². The lowest BCUT2D eigenvalue weighted by Gasteiger charge is -2.05. The topological polar surface area (TPSA) is 71.3 Å². The monoisotopic (exact) mass is 308 g/mol. The van der Waals surface area contributed by atoms with E-state index in [2.05, 4.69) is 10.6 Å². The zero-order chi connectivity index (χ0) is 15.1. The predicted octanol–water partition coefficient (Wildman–Crippen LogP) is 2.54. The van der Waals surface area contributed by atoms with E-state index in [1.807, 2.05) is 0 Å². The molecule has 0 aliphatic rings. The van der Waals surface area contributed by atoms with Gasteiger partial charge < -0.3 is 9.73 Å². The maximum atomic E-state index is 12.7. The van der Waals surface area contributed by atoms with E-state index in [1.54, 1.807) is 24.3 Å². The minimum Gasteiger partial charge on any atom is -0.467 e. The molecule has 2 rings (SSSR count). The fourth-order valence-electron chi connectivity index (χ4n) is 1.47. The molecule has 3 amide bonds. The van der Waals surface area contributed by atoms with Crippen molar-refractivity contribution in [2.75, 3.05) is 5.75 Å². The standard InChI is InChI=1S/C14H13FN2O3S/c15-10-3-5-12(6-4-10)21-9-13(18)17-14(19)16-8-11-2-1-7-20-11/h1-7H,8-9H2,(H2,16,17,18,19). The molecule has 2 aromatic rings. The summed E-state index contributed by atoms with van der Waals surface area (Å²) >= 11 is 1.22. The smallest absolute Gasteiger partial charge is 0.321 e. The molecule has 0 fully saturated rings. The average molecular weight is 308 g/mol. The largest absolute Gasteiger partial charge is 0.467 e. The summed E-state index contributed by atoms with van der Waals surface area (Å²) in [5.74, 6) is -0.0968. The lowest BCUT2D eigenvalue weighted by atomic mass is 10.4. The number of carbonyl (C=O) groups is 2. The van der Waals surface area contributed by atoms with Gasteiger partial charge in [0.2, 0.25) is 5.91 Å². The van der Waals surface area contributed by atoms with Crippen molar-refractivity contribution in [3.63, 3.8) is 0 Å². The summed E-state index contributed by atoms with van der Waals surface area (Å²) in [6, 6.07) is 8.61. The Hall–Kier alpha value is -2.28. The van der Waals surface area contributed by atoms with Crippen LogP contribution in [0.5, 0.6) is 0 Å². The van der Waals surface area contributed by atoms with Crippen LogP contribution in [-0.4, -0.2) is 17.7 Å². The summed E-state index contributed by atoms with van der Waals surface area (Å²) in [6.07, 6.45) is 1.50. The van der Waals surface area contributed by atoms with Crippen LogP contribution in [0.2, 0.25) is 0 Å². The highest BCUT2D eigenvalue weighted by Crippen LogP contribution is 2.17. The van der Waals surface area contributed by atoms with E-state index < -0.39 is 11.9 Å². The maximum Gasteiger partial charge on any atom is 0.321 e. The number of urea groups is 1. The quantitative estimate of drug-likeness (QED) is 0.833. The van der Waals surface area contributed by atoms with Crippen LogP contribution < -0.4 is 10.6 Å². The molecule has 0 unspecified atom stereocenters. The number of thioether (sulfide) groups is 1. The molecule has 7 heteroatoms. The molecule has 110 valence electrons. The van der Waals surface area contributed by atoms with E-state index >= 15 is 0 Å². The molecule has 1 aromatic heterocycles. The number of carbonyl (C=O) groups excluding carboxylic acids is 2. The van der Waals surface area contributed by atoms with Gasteiger partial charge in [0, 0.05) is 4.90 Å². The molecule has 0 atom stereocenters. The summed E-state index contributed by atoms with van der Waals surface area (Å²) in [5, 5.41) is 4.70. The molecule has 0 spiro atoms. The highest BCUT2D eigenvalue weighted by atomic mass is 32.2. The number of amides is 3. The van der Waals surface area contributed by atoms with Gasteiger partial charge in [0.25, 0.3) is 0 Å². The zero-order valence-corrected chi connectivity index (χ0v) is 11.8. The molecule has 0 saturated heterocycles. The third kappa shape index (κ3) is 5.31. The second-order valence-electron chi connectivity index (χ2n) is 4.05. The number of benzene rings is 1. The minimum atomic E-state index is -0.587. The van der Waals surface area contributed by atoms with Gasteiger partial charge in [0.1, 0.15) is 11.6 Å². The van der Waals surface area contributed by atoms with Crippen LogP contribution in [0.4, 0.5) is 9.18 Å². The third-order valence-electron chi connectivity index (χ3n) is 2.44. The first-order valence-electron chi connectivity index (χ1n) is 6.12. The molecule has 0 saturated carbocycles. The van der Waals surface area contributed by atoms with E-state index in [1.165, 1.54) is 30.2 Å². The van der Waals surface area contributed by atoms with Gasteiger partial charge in [-0.05, 0) is 36.4 Å². The van der Waals surface area contributed by atoms with Crippen molar-refractivity contribution in [2.24, 2.45) is 0 Å². The van der Waals surface area contributed by atoms with Gasteiger partial charge in [0.05, 0.1) is 18.6 Å². The SMILES string of the molecule is O=C(CSc1ccc(F)cc1)NC(=O)NCc1ccco1. The van der Waals surface area contributed by atoms with Crippen LogP contribution in [0.15, 0.2) is 52.0 Å². The van der Waals surface area contributed by atoms with Crippen molar-refractivity contribution in [3.05, 3.63) is 54.2 Å². The lowest BCUT2D eigenvalue weighted by molar-refractivity contribution is -0.117. The number of hydrogen-bond acceptors (Lipinski definition) is 4. The second kappa shape index (κ2) is 7.49. The van der Waals surface area contributed by atoms with Gasteiger partial charge in [-0.25, -0.2) is 9.18 Å². The Bertz CT molecular complexity index is 599. The summed E-state index contributed by atoms with van der Waals surface area (Å²) in [7, 11) is 0. The van der Waals surface area contributed by atoms with E-state index in [9.17, 15) is 14.0 Å². The number of imide groups is 1. The molecule has 1 heterocycles. The molecular formula is C14H13FN2O3S. The van der Waals surface area contributed by atoms with Crippen molar-refractivity contribution < 1.29 is 18.4 Å². The first kappa shape index (κ1) is 15.1. The van der Waals surface area contributed by atoms with Crippen LogP contribution in [-0.2, 0) is 11.3 Å². The Kier molecular flexibility index (Phi) is 5.39. The van der Waals surface area contributed by atoms with Crippen LogP contribution in [0.25, 0.3) is 0 Å². The highest BCUT2D eigenvalue weighted by Gasteiger charge is 2.08. The molecule has 0 aliphatic carbocycles. The van der Waals surface area contributed by atoms with E-state index in [0.29, 0.717) is 5.76 Å². The number of furan rings is 1. The van der Waals surface area contributed by atoms with Crippen LogP contribution >= 0.6 is 11.8 Å². The fraction of sp³-hybridized carbons (Fsp3) is 0.143. The summed E-state index contributed by atoms with van der Waals surface area (Å²) in [5.41, 5.74) is 0. The number of rotatable bonds is 5. The Morgan fingerprint density at radius 1 is 1.19 bits per heavy atom. The van der Waals surface area contributed by atoms with Crippen molar-refractivity contribution in [2.45, 2.75) is 11.4 Å². The number of halogens is 1. The van der Waals surface area contributed by atoms with E-state index in [4.69, 9.17) is 4.42 Å². The molecule has 0 aliphatic heterocycles. The Labute approximate surface area is 124 Å². The van der Waals surface area contributed by atoms with Gasteiger partial charge in [0.15, 0.2) is 0 Å². The molecule has 2 N–H and O–H groups in total. The average Bonchev–Trinajstić information content (AvgIpc) is 2.98. The molecule has 0 radical (unpaired) electrons. The predicted molar refractivity (Wildman–Crippen MR) is 76.2 cm³/mol. The molecule has 0 bridgehead atoms. The molecule has 5 nitrogen and oxygen atoms in total. The van der Waals surface area contributed by atoms with Gasteiger partial charge in [-0.1, -0.05) is 0 Å². The zero-order valence-electron chi connectivity index (χ0n) is 11.0. The lowest BCUT2D eigenvalue weighted by Crippen LogP contribution is -2.39. The van der Waals surface area contributed by atoms with Crippen LogP contribution in [0.1, 0.15) is 5.76 Å². The van der Waals surface area contributed by atoms with Gasteiger partial charge in [-0.3, -0.25) is 10.1 Å². The second-order valence-corrected chi connectivity index (χ2v) is 5.10. The third-order valence-corrected chi connectivity index (χ3v) is 3.45. The normalized spacial score (nSPS) is 10.1. The minimum absolute atomic E-state index is 0.0693. The van der Waals surface area contributed by atoms with Crippen molar-refractivity contribution in [3.8, 4) is 0 Å². The Morgan fingerprint density at radius 3 is 2.62 bits per heavy atom. The van der Waals surface area contributed by atoms with Crippen molar-refractivity contribution >= 4 is 23.7 Å². The fourth-order valence-corrected chi connectivity index (χ4v) is 2.17. The summed E-state index contributed by atoms with van der Waals surface area (Å²) < 4.78 is 17.8. The Balaban J connectivity index is 1.68. The van der Waals surface area contributed by atoms with Gasteiger partial charge in [-0.15, -0.1) is 11.8 Å². The highest BCUT2D eigenvalue weighted by molar-refractivity contribution is 8.00. The van der Waals surface area contributed by atoms with E-state index in [-0.39, 0.29) is 18.1 Å². The van der Waals surface area contributed by atoms with Gasteiger partial charge in [-0.2, -0.15) is 0 Å². The first-order chi connectivity index (χ1) is 10.1. The van der Waals surface area contributed by atoms with Crippen LogP contribution in [0.3, 0.4) is 0 Å². The van der Waals surface area contributed by atoms with Crippen molar-refractivity contribution in [1.82, 2.24) is 10.6 Å². The van der Waals surface area contributed by atoms with E-state index in [0.717, 1.165) is 4.90 Å². The molecule has 1 aromatic carbocycles. The first-order valence-corrected chi connectivity index (χ1v) is 7.10. The number of hydrogen-bond donors (Lipinski definition) is 2. The Morgan fingerprint density at radius 2 is 1.95 bits per heavy atom. The number of nitrogens with one attached hydrogen (secondary N) is 2. The molecule has 21 heavy (non-hydrogen) atoms. The van der Waals surface area contributed by atoms with Crippen molar-refractivity contribution in [1.29, 1.82) is 0 Å².